The molecular formula is C18H20N4O5S2. The van der Waals surface area contributed by atoms with Crippen molar-refractivity contribution in [3.63, 3.8) is 0 Å². The highest BCUT2D eigenvalue weighted by atomic mass is 32.2. The van der Waals surface area contributed by atoms with Gasteiger partial charge in [-0.3, -0.25) is 15.6 Å². The second-order valence-corrected chi connectivity index (χ2v) is 8.81. The lowest BCUT2D eigenvalue weighted by Gasteiger charge is -2.25. The summed E-state index contributed by atoms with van der Waals surface area (Å²) in [4.78, 5) is 12.4. The van der Waals surface area contributed by atoms with Crippen LogP contribution in [-0.2, 0) is 14.8 Å². The van der Waals surface area contributed by atoms with Gasteiger partial charge < -0.3 is 14.8 Å². The first-order chi connectivity index (χ1) is 13.8. The van der Waals surface area contributed by atoms with Gasteiger partial charge in [-0.2, -0.15) is 0 Å². The third kappa shape index (κ3) is 4.94. The molecule has 0 fully saturated rings. The first-order valence-electron chi connectivity index (χ1n) is 8.55. The zero-order valence-electron chi connectivity index (χ0n) is 15.7. The minimum atomic E-state index is -3.57. The maximum Gasteiger partial charge on any atom is 0.283 e. The van der Waals surface area contributed by atoms with E-state index in [-0.39, 0.29) is 16.6 Å². The van der Waals surface area contributed by atoms with Gasteiger partial charge in [0.25, 0.3) is 5.91 Å². The number of carbonyl (C=O) groups is 1. The zero-order valence-corrected chi connectivity index (χ0v) is 17.3. The van der Waals surface area contributed by atoms with Gasteiger partial charge in [-0.25, -0.2) is 12.7 Å². The van der Waals surface area contributed by atoms with Crippen LogP contribution in [0, 0.1) is 0 Å². The number of fused-ring (bicyclic) bond motifs is 1. The molecular weight excluding hydrogens is 416 g/mol. The number of anilines is 1. The van der Waals surface area contributed by atoms with Gasteiger partial charge in [0.2, 0.25) is 16.1 Å². The van der Waals surface area contributed by atoms with Gasteiger partial charge in [0.05, 0.1) is 4.90 Å². The number of sulfonamides is 1. The predicted octanol–water partition coefficient (Wildman–Crippen LogP) is 1.09. The summed E-state index contributed by atoms with van der Waals surface area (Å²) >= 11 is 5.14. The standard InChI is InChI=1S/C18H20N4O5S2/c1-22(2)29(24,25)13-7-5-6-12(10-13)19-18(28)21-20-17(23)16-11-26-14-8-3-4-9-15(14)27-16/h3-10,16H,11H2,1-2H3,(H,20,23)(H2,19,21,28)/t16-/m1/s1. The van der Waals surface area contributed by atoms with Crippen molar-refractivity contribution < 1.29 is 22.7 Å². The summed E-state index contributed by atoms with van der Waals surface area (Å²) in [7, 11) is -0.668. The van der Waals surface area contributed by atoms with Gasteiger partial charge >= 0.3 is 0 Å². The number of hydrazine groups is 1. The van der Waals surface area contributed by atoms with E-state index in [0.29, 0.717) is 17.2 Å². The first-order valence-corrected chi connectivity index (χ1v) is 10.4. The maximum absolute atomic E-state index is 12.3. The quantitative estimate of drug-likeness (QED) is 0.483. The Kier molecular flexibility index (Phi) is 6.20. The van der Waals surface area contributed by atoms with Crippen molar-refractivity contribution in [1.82, 2.24) is 15.2 Å². The van der Waals surface area contributed by atoms with E-state index >= 15 is 0 Å². The number of amides is 1. The number of hydrogen-bond donors (Lipinski definition) is 3. The molecule has 1 aliphatic heterocycles. The van der Waals surface area contributed by atoms with Crippen molar-refractivity contribution in [3.05, 3.63) is 48.5 Å². The SMILES string of the molecule is CN(C)S(=O)(=O)c1cccc(NC(=S)NNC(=O)[C@H]2COc3ccccc3O2)c1. The molecule has 0 unspecified atom stereocenters. The molecule has 2 aromatic carbocycles. The molecule has 154 valence electrons. The minimum Gasteiger partial charge on any atom is -0.485 e. The van der Waals surface area contributed by atoms with Gasteiger partial charge in [-0.15, -0.1) is 0 Å². The number of benzene rings is 2. The molecule has 2 aromatic rings. The molecule has 0 bridgehead atoms. The zero-order chi connectivity index (χ0) is 21.0. The van der Waals surface area contributed by atoms with Crippen LogP contribution in [-0.4, -0.2) is 50.5 Å². The average Bonchev–Trinajstić information content (AvgIpc) is 2.71. The van der Waals surface area contributed by atoms with E-state index in [2.05, 4.69) is 16.2 Å². The molecule has 11 heteroatoms. The van der Waals surface area contributed by atoms with E-state index in [4.69, 9.17) is 21.7 Å². The van der Waals surface area contributed by atoms with Crippen molar-refractivity contribution in [3.8, 4) is 11.5 Å². The molecule has 0 saturated carbocycles. The van der Waals surface area contributed by atoms with Crippen LogP contribution in [0.15, 0.2) is 53.4 Å². The fourth-order valence-corrected chi connectivity index (χ4v) is 3.57. The minimum absolute atomic E-state index is 0.0646. The van der Waals surface area contributed by atoms with Crippen LogP contribution in [0.1, 0.15) is 0 Å². The molecule has 1 amide bonds. The molecule has 0 aromatic heterocycles. The van der Waals surface area contributed by atoms with Crippen LogP contribution >= 0.6 is 12.2 Å². The lowest BCUT2D eigenvalue weighted by atomic mass is 10.2. The Morgan fingerprint density at radius 2 is 1.83 bits per heavy atom. The van der Waals surface area contributed by atoms with E-state index in [9.17, 15) is 13.2 Å². The number of ether oxygens (including phenoxy) is 2. The number of thiocarbonyl (C=S) groups is 1. The number of rotatable bonds is 4. The second-order valence-electron chi connectivity index (χ2n) is 6.25. The summed E-state index contributed by atoms with van der Waals surface area (Å²) in [5.74, 6) is 0.598. The first kappa shape index (κ1) is 20.8. The third-order valence-electron chi connectivity index (χ3n) is 3.97. The molecule has 1 aliphatic rings. The van der Waals surface area contributed by atoms with Crippen molar-refractivity contribution in [2.24, 2.45) is 0 Å². The van der Waals surface area contributed by atoms with Gasteiger partial charge in [-0.1, -0.05) is 18.2 Å². The summed E-state index contributed by atoms with van der Waals surface area (Å²) in [6.07, 6.45) is -0.839. The number of carbonyl (C=O) groups excluding carboxylic acids is 1. The Morgan fingerprint density at radius 1 is 1.10 bits per heavy atom. The predicted molar refractivity (Wildman–Crippen MR) is 111 cm³/mol. The van der Waals surface area contributed by atoms with E-state index in [1.54, 1.807) is 30.3 Å². The highest BCUT2D eigenvalue weighted by Crippen LogP contribution is 2.30. The molecule has 1 atom stereocenters. The smallest absolute Gasteiger partial charge is 0.283 e. The lowest BCUT2D eigenvalue weighted by molar-refractivity contribution is -0.130. The van der Waals surface area contributed by atoms with Crippen LogP contribution in [0.4, 0.5) is 5.69 Å². The molecule has 9 nitrogen and oxygen atoms in total. The van der Waals surface area contributed by atoms with Gasteiger partial charge in [0.1, 0.15) is 6.61 Å². The Morgan fingerprint density at radius 3 is 2.55 bits per heavy atom. The summed E-state index contributed by atoms with van der Waals surface area (Å²) in [5, 5.41) is 2.90. The van der Waals surface area contributed by atoms with Crippen molar-refractivity contribution >= 4 is 38.9 Å². The number of nitrogens with one attached hydrogen (secondary N) is 3. The Labute approximate surface area is 174 Å². The number of hydrogen-bond acceptors (Lipinski definition) is 6. The monoisotopic (exact) mass is 436 g/mol. The molecule has 0 saturated heterocycles. The number of nitrogens with zero attached hydrogens (tertiary/aromatic N) is 1. The molecule has 3 rings (SSSR count). The topological polar surface area (TPSA) is 109 Å². The fourth-order valence-electron chi connectivity index (χ4n) is 2.46. The van der Waals surface area contributed by atoms with E-state index in [1.807, 2.05) is 6.07 Å². The maximum atomic E-state index is 12.3. The third-order valence-corrected chi connectivity index (χ3v) is 5.99. The Hall–Kier alpha value is -2.89. The molecule has 0 aliphatic carbocycles. The summed E-state index contributed by atoms with van der Waals surface area (Å²) < 4.78 is 36.7. The number of para-hydroxylation sites is 2. The molecule has 0 spiro atoms. The average molecular weight is 437 g/mol. The van der Waals surface area contributed by atoms with Gasteiger partial charge in [-0.05, 0) is 42.5 Å². The van der Waals surface area contributed by atoms with Crippen molar-refractivity contribution in [1.29, 1.82) is 0 Å². The van der Waals surface area contributed by atoms with E-state index in [1.165, 1.54) is 26.2 Å². The molecule has 1 heterocycles. The van der Waals surface area contributed by atoms with Crippen LogP contribution in [0.5, 0.6) is 11.5 Å². The lowest BCUT2D eigenvalue weighted by Crippen LogP contribution is -2.51. The van der Waals surface area contributed by atoms with Crippen molar-refractivity contribution in [2.45, 2.75) is 11.0 Å². The summed E-state index contributed by atoms with van der Waals surface area (Å²) in [5.41, 5.74) is 5.45. The fraction of sp³-hybridized carbons (Fsp3) is 0.222. The van der Waals surface area contributed by atoms with E-state index < -0.39 is 22.0 Å². The molecule has 0 radical (unpaired) electrons. The van der Waals surface area contributed by atoms with Gasteiger partial charge in [0, 0.05) is 19.8 Å². The normalized spacial score (nSPS) is 15.5. The van der Waals surface area contributed by atoms with Crippen LogP contribution in [0.3, 0.4) is 0 Å². The molecule has 3 N–H and O–H groups in total. The largest absolute Gasteiger partial charge is 0.485 e. The van der Waals surface area contributed by atoms with Gasteiger partial charge in [0.15, 0.2) is 16.6 Å². The highest BCUT2D eigenvalue weighted by molar-refractivity contribution is 7.89. The van der Waals surface area contributed by atoms with E-state index in [0.717, 1.165) is 4.31 Å². The summed E-state index contributed by atoms with van der Waals surface area (Å²) in [6.45, 7) is 0.0646. The van der Waals surface area contributed by atoms with Crippen molar-refractivity contribution in [2.75, 3.05) is 26.0 Å². The van der Waals surface area contributed by atoms with Crippen LogP contribution in [0.25, 0.3) is 0 Å². The molecule has 29 heavy (non-hydrogen) atoms. The Balaban J connectivity index is 1.55. The second kappa shape index (κ2) is 8.64. The highest BCUT2D eigenvalue weighted by Gasteiger charge is 2.27. The van der Waals surface area contributed by atoms with Crippen LogP contribution in [0.2, 0.25) is 0 Å². The summed E-state index contributed by atoms with van der Waals surface area (Å²) in [6, 6.07) is 13.2. The van der Waals surface area contributed by atoms with Crippen LogP contribution < -0.4 is 25.6 Å². The Bertz CT molecular complexity index is 1030.